The van der Waals surface area contributed by atoms with Gasteiger partial charge in [0.15, 0.2) is 0 Å². The predicted molar refractivity (Wildman–Crippen MR) is 133 cm³/mol. The highest BCUT2D eigenvalue weighted by Crippen LogP contribution is 2.25. The predicted octanol–water partition coefficient (Wildman–Crippen LogP) is 4.01. The van der Waals surface area contributed by atoms with Crippen LogP contribution in [0.1, 0.15) is 31.4 Å². The van der Waals surface area contributed by atoms with Crippen molar-refractivity contribution in [2.45, 2.75) is 39.8 Å². The molecule has 0 spiro atoms. The van der Waals surface area contributed by atoms with E-state index in [1.165, 1.54) is 4.90 Å². The summed E-state index contributed by atoms with van der Waals surface area (Å²) in [6, 6.07) is 10.9. The topological polar surface area (TPSA) is 86.8 Å². The summed E-state index contributed by atoms with van der Waals surface area (Å²) < 4.78 is 26.1. The van der Waals surface area contributed by atoms with Gasteiger partial charge in [0.25, 0.3) is 0 Å². The summed E-state index contributed by atoms with van der Waals surface area (Å²) >= 11 is 12.3. The fourth-order valence-electron chi connectivity index (χ4n) is 3.37. The molecular formula is C23H29Cl2N3O4S. The van der Waals surface area contributed by atoms with Crippen molar-refractivity contribution in [3.63, 3.8) is 0 Å². The highest BCUT2D eigenvalue weighted by atomic mass is 35.5. The number of hydrogen-bond acceptors (Lipinski definition) is 4. The van der Waals surface area contributed by atoms with Gasteiger partial charge in [-0.3, -0.25) is 13.9 Å². The van der Waals surface area contributed by atoms with Crippen LogP contribution in [-0.4, -0.2) is 50.5 Å². The van der Waals surface area contributed by atoms with E-state index in [1.807, 2.05) is 6.92 Å². The molecular weight excluding hydrogens is 485 g/mol. The number of amides is 2. The molecule has 0 aliphatic carbocycles. The minimum atomic E-state index is -3.77. The number of anilines is 1. The molecule has 0 heterocycles. The van der Waals surface area contributed by atoms with Crippen LogP contribution >= 0.6 is 23.2 Å². The molecule has 0 radical (unpaired) electrons. The number of benzene rings is 2. The van der Waals surface area contributed by atoms with Gasteiger partial charge in [0.05, 0.1) is 11.9 Å². The Balaban J connectivity index is 2.45. The molecule has 1 N–H and O–H groups in total. The number of rotatable bonds is 10. The molecule has 0 saturated heterocycles. The molecule has 0 saturated carbocycles. The zero-order valence-corrected chi connectivity index (χ0v) is 21.5. The van der Waals surface area contributed by atoms with Crippen molar-refractivity contribution >= 4 is 50.7 Å². The van der Waals surface area contributed by atoms with E-state index >= 15 is 0 Å². The fourth-order valence-corrected chi connectivity index (χ4v) is 4.69. The number of halogens is 2. The lowest BCUT2D eigenvalue weighted by molar-refractivity contribution is -0.140. The molecule has 2 amide bonds. The van der Waals surface area contributed by atoms with Crippen molar-refractivity contribution in [1.82, 2.24) is 10.2 Å². The normalized spacial score (nSPS) is 12.2. The molecule has 0 fully saturated rings. The molecule has 10 heteroatoms. The first kappa shape index (κ1) is 27.0. The second kappa shape index (κ2) is 11.7. The molecule has 2 aromatic rings. The van der Waals surface area contributed by atoms with E-state index in [9.17, 15) is 18.0 Å². The SMILES string of the molecule is CCNC(=O)C(CC)N(Cc1ccc(Cl)cc1Cl)C(=O)CN(c1ccc(C)cc1)S(C)(=O)=O. The van der Waals surface area contributed by atoms with Crippen LogP contribution in [0.2, 0.25) is 10.0 Å². The number of nitrogens with one attached hydrogen (secondary N) is 1. The Morgan fingerprint density at radius 3 is 2.21 bits per heavy atom. The summed E-state index contributed by atoms with van der Waals surface area (Å²) in [5.74, 6) is -0.843. The van der Waals surface area contributed by atoms with Gasteiger partial charge >= 0.3 is 0 Å². The molecule has 2 aromatic carbocycles. The third kappa shape index (κ3) is 7.35. The molecule has 2 rings (SSSR count). The maximum Gasteiger partial charge on any atom is 0.244 e. The molecule has 0 bridgehead atoms. The number of likely N-dealkylation sites (N-methyl/N-ethyl adjacent to an activating group) is 1. The largest absolute Gasteiger partial charge is 0.355 e. The molecule has 7 nitrogen and oxygen atoms in total. The molecule has 0 aromatic heterocycles. The van der Waals surface area contributed by atoms with Crippen LogP contribution in [0, 0.1) is 6.92 Å². The number of sulfonamides is 1. The Kier molecular flexibility index (Phi) is 9.57. The first-order valence-electron chi connectivity index (χ1n) is 10.5. The van der Waals surface area contributed by atoms with Gasteiger partial charge in [-0.15, -0.1) is 0 Å². The number of nitrogens with zero attached hydrogens (tertiary/aromatic N) is 2. The second-order valence-corrected chi connectivity index (χ2v) is 10.4. The summed E-state index contributed by atoms with van der Waals surface area (Å²) in [6.45, 7) is 5.43. The van der Waals surface area contributed by atoms with Crippen LogP contribution in [0.3, 0.4) is 0 Å². The monoisotopic (exact) mass is 513 g/mol. The zero-order valence-electron chi connectivity index (χ0n) is 19.1. The number of carbonyl (C=O) groups excluding carboxylic acids is 2. The average Bonchev–Trinajstić information content (AvgIpc) is 2.73. The van der Waals surface area contributed by atoms with Crippen molar-refractivity contribution in [2.75, 3.05) is 23.7 Å². The van der Waals surface area contributed by atoms with E-state index in [0.717, 1.165) is 16.1 Å². The third-order valence-corrected chi connectivity index (χ3v) is 6.82. The smallest absolute Gasteiger partial charge is 0.244 e. The van der Waals surface area contributed by atoms with Gasteiger partial charge in [-0.05, 0) is 50.1 Å². The zero-order chi connectivity index (χ0) is 24.8. The summed E-state index contributed by atoms with van der Waals surface area (Å²) in [5, 5.41) is 3.54. The van der Waals surface area contributed by atoms with E-state index in [1.54, 1.807) is 56.3 Å². The van der Waals surface area contributed by atoms with Gasteiger partial charge in [0.1, 0.15) is 12.6 Å². The quantitative estimate of drug-likeness (QED) is 0.519. The molecule has 1 atom stereocenters. The highest BCUT2D eigenvalue weighted by molar-refractivity contribution is 7.92. The Bertz CT molecular complexity index is 1090. The van der Waals surface area contributed by atoms with Crippen LogP contribution < -0.4 is 9.62 Å². The molecule has 1 unspecified atom stereocenters. The van der Waals surface area contributed by atoms with Crippen LogP contribution in [0.15, 0.2) is 42.5 Å². The van der Waals surface area contributed by atoms with Gasteiger partial charge < -0.3 is 10.2 Å². The lowest BCUT2D eigenvalue weighted by Crippen LogP contribution is -2.52. The first-order valence-corrected chi connectivity index (χ1v) is 13.1. The fraction of sp³-hybridized carbons (Fsp3) is 0.391. The van der Waals surface area contributed by atoms with E-state index in [-0.39, 0.29) is 12.5 Å². The molecule has 0 aliphatic rings. The standard InChI is InChI=1S/C23H29Cl2N3O4S/c1-5-21(23(30)26-6-2)27(14-17-9-10-18(24)13-20(17)25)22(29)15-28(33(4,31)32)19-11-7-16(3)8-12-19/h7-13,21H,5-6,14-15H2,1-4H3,(H,26,30). The molecule has 33 heavy (non-hydrogen) atoms. The Labute approximate surface area is 205 Å². The maximum absolute atomic E-state index is 13.5. The van der Waals surface area contributed by atoms with E-state index < -0.39 is 28.5 Å². The third-order valence-electron chi connectivity index (χ3n) is 5.09. The summed E-state index contributed by atoms with van der Waals surface area (Å²) in [5.41, 5.74) is 1.92. The van der Waals surface area contributed by atoms with E-state index in [4.69, 9.17) is 23.2 Å². The van der Waals surface area contributed by atoms with Crippen LogP contribution in [0.25, 0.3) is 0 Å². The summed E-state index contributed by atoms with van der Waals surface area (Å²) in [6.07, 6.45) is 1.38. The minimum Gasteiger partial charge on any atom is -0.355 e. The van der Waals surface area contributed by atoms with Gasteiger partial charge in [0, 0.05) is 23.1 Å². The van der Waals surface area contributed by atoms with Crippen molar-refractivity contribution in [2.24, 2.45) is 0 Å². The lowest BCUT2D eigenvalue weighted by atomic mass is 10.1. The summed E-state index contributed by atoms with van der Waals surface area (Å²) in [7, 11) is -3.77. The van der Waals surface area contributed by atoms with E-state index in [2.05, 4.69) is 5.32 Å². The minimum absolute atomic E-state index is 0.0238. The van der Waals surface area contributed by atoms with Crippen molar-refractivity contribution in [3.05, 3.63) is 63.6 Å². The molecule has 180 valence electrons. The Hall–Kier alpha value is -2.29. The van der Waals surface area contributed by atoms with E-state index in [0.29, 0.717) is 34.3 Å². The Morgan fingerprint density at radius 2 is 1.70 bits per heavy atom. The number of hydrogen-bond donors (Lipinski definition) is 1. The first-order chi connectivity index (χ1) is 15.5. The van der Waals surface area contributed by atoms with Crippen LogP contribution in [-0.2, 0) is 26.2 Å². The Morgan fingerprint density at radius 1 is 1.06 bits per heavy atom. The van der Waals surface area contributed by atoms with Gasteiger partial charge in [-0.25, -0.2) is 8.42 Å². The number of carbonyl (C=O) groups is 2. The lowest BCUT2D eigenvalue weighted by Gasteiger charge is -2.33. The van der Waals surface area contributed by atoms with Crippen molar-refractivity contribution < 1.29 is 18.0 Å². The van der Waals surface area contributed by atoms with Gasteiger partial charge in [0.2, 0.25) is 21.8 Å². The average molecular weight is 514 g/mol. The maximum atomic E-state index is 13.5. The second-order valence-electron chi connectivity index (χ2n) is 7.68. The highest BCUT2D eigenvalue weighted by Gasteiger charge is 2.31. The van der Waals surface area contributed by atoms with Gasteiger partial charge in [-0.1, -0.05) is 53.9 Å². The van der Waals surface area contributed by atoms with Crippen LogP contribution in [0.4, 0.5) is 5.69 Å². The van der Waals surface area contributed by atoms with Gasteiger partial charge in [-0.2, -0.15) is 0 Å². The summed E-state index contributed by atoms with van der Waals surface area (Å²) in [4.78, 5) is 27.6. The number of aryl methyl sites for hydroxylation is 1. The molecule has 0 aliphatic heterocycles. The van der Waals surface area contributed by atoms with Crippen molar-refractivity contribution in [1.29, 1.82) is 0 Å². The van der Waals surface area contributed by atoms with Crippen LogP contribution in [0.5, 0.6) is 0 Å². The van der Waals surface area contributed by atoms with Crippen molar-refractivity contribution in [3.8, 4) is 0 Å².